The predicted octanol–water partition coefficient (Wildman–Crippen LogP) is 2.03. The predicted molar refractivity (Wildman–Crippen MR) is 66.3 cm³/mol. The van der Waals surface area contributed by atoms with Crippen LogP contribution in [-0.4, -0.2) is 40.7 Å². The summed E-state index contributed by atoms with van der Waals surface area (Å²) in [5.74, 6) is -1.67. The molecule has 0 aromatic heterocycles. The third kappa shape index (κ3) is 3.58. The van der Waals surface area contributed by atoms with Crippen molar-refractivity contribution < 1.29 is 19.4 Å². The molecule has 6 heteroatoms. The van der Waals surface area contributed by atoms with Crippen molar-refractivity contribution in [1.29, 1.82) is 0 Å². The Morgan fingerprint density at radius 2 is 2.17 bits per heavy atom. The number of aliphatic hydroxyl groups is 1. The normalized spacial score (nSPS) is 12.3. The van der Waals surface area contributed by atoms with Crippen molar-refractivity contribution in [3.05, 3.63) is 28.5 Å². The maximum absolute atomic E-state index is 13.1. The molecule has 0 heterocycles. The molecular formula is C12H15ClFNO3. The van der Waals surface area contributed by atoms with Gasteiger partial charge in [0.05, 0.1) is 16.7 Å². The number of phenolic OH excluding ortho intramolecular Hbond substituents is 1. The van der Waals surface area contributed by atoms with Crippen LogP contribution in [0.2, 0.25) is 5.02 Å². The lowest BCUT2D eigenvalue weighted by Crippen LogP contribution is -2.29. The number of phenols is 1. The Labute approximate surface area is 110 Å². The highest BCUT2D eigenvalue weighted by atomic mass is 35.5. The number of benzene rings is 1. The molecule has 1 aromatic carbocycles. The smallest absolute Gasteiger partial charge is 0.257 e. The first-order valence-corrected chi connectivity index (χ1v) is 5.82. The molecule has 0 aliphatic carbocycles. The van der Waals surface area contributed by atoms with Gasteiger partial charge in [-0.3, -0.25) is 4.79 Å². The van der Waals surface area contributed by atoms with Gasteiger partial charge in [-0.25, -0.2) is 4.39 Å². The van der Waals surface area contributed by atoms with E-state index in [0.29, 0.717) is 13.0 Å². The van der Waals surface area contributed by atoms with E-state index in [1.54, 1.807) is 6.92 Å². The number of rotatable bonds is 4. The van der Waals surface area contributed by atoms with Crippen molar-refractivity contribution in [3.63, 3.8) is 0 Å². The van der Waals surface area contributed by atoms with Gasteiger partial charge in [0.15, 0.2) is 0 Å². The van der Waals surface area contributed by atoms with Crippen LogP contribution in [0.5, 0.6) is 5.75 Å². The van der Waals surface area contributed by atoms with Gasteiger partial charge >= 0.3 is 0 Å². The second kappa shape index (κ2) is 6.02. The van der Waals surface area contributed by atoms with Gasteiger partial charge in [-0.1, -0.05) is 11.6 Å². The van der Waals surface area contributed by atoms with Crippen molar-refractivity contribution in [1.82, 2.24) is 4.90 Å². The van der Waals surface area contributed by atoms with Crippen LogP contribution in [0.1, 0.15) is 23.7 Å². The number of carbonyl (C=O) groups excluding carboxylic acids is 1. The molecule has 1 unspecified atom stereocenters. The van der Waals surface area contributed by atoms with Gasteiger partial charge < -0.3 is 15.1 Å². The van der Waals surface area contributed by atoms with Crippen molar-refractivity contribution in [2.24, 2.45) is 0 Å². The van der Waals surface area contributed by atoms with Gasteiger partial charge in [0.1, 0.15) is 11.6 Å². The Morgan fingerprint density at radius 3 is 2.72 bits per heavy atom. The molecule has 0 spiro atoms. The number of aromatic hydroxyl groups is 1. The molecule has 0 radical (unpaired) electrons. The summed E-state index contributed by atoms with van der Waals surface area (Å²) < 4.78 is 13.1. The van der Waals surface area contributed by atoms with Crippen molar-refractivity contribution in [3.8, 4) is 5.75 Å². The van der Waals surface area contributed by atoms with E-state index in [4.69, 9.17) is 16.7 Å². The highest BCUT2D eigenvalue weighted by Gasteiger charge is 2.19. The van der Waals surface area contributed by atoms with Gasteiger partial charge in [0, 0.05) is 13.6 Å². The number of aliphatic hydroxyl groups excluding tert-OH is 1. The van der Waals surface area contributed by atoms with Crippen LogP contribution >= 0.6 is 11.6 Å². The van der Waals surface area contributed by atoms with Gasteiger partial charge in [-0.2, -0.15) is 0 Å². The van der Waals surface area contributed by atoms with Crippen LogP contribution in [0.15, 0.2) is 12.1 Å². The lowest BCUT2D eigenvalue weighted by atomic mass is 10.1. The average molecular weight is 276 g/mol. The van der Waals surface area contributed by atoms with Gasteiger partial charge in [0.25, 0.3) is 5.91 Å². The first-order chi connectivity index (χ1) is 8.32. The van der Waals surface area contributed by atoms with Crippen LogP contribution in [0.4, 0.5) is 4.39 Å². The van der Waals surface area contributed by atoms with Gasteiger partial charge in [0.2, 0.25) is 0 Å². The first-order valence-electron chi connectivity index (χ1n) is 5.44. The lowest BCUT2D eigenvalue weighted by Gasteiger charge is -2.18. The summed E-state index contributed by atoms with van der Waals surface area (Å²) in [6.45, 7) is 1.90. The Kier molecular flexibility index (Phi) is 4.93. The van der Waals surface area contributed by atoms with Crippen LogP contribution in [0.25, 0.3) is 0 Å². The summed E-state index contributed by atoms with van der Waals surface area (Å²) in [5.41, 5.74) is -0.187. The zero-order valence-electron chi connectivity index (χ0n) is 10.2. The van der Waals surface area contributed by atoms with E-state index in [2.05, 4.69) is 0 Å². The summed E-state index contributed by atoms with van der Waals surface area (Å²) in [7, 11) is 1.50. The van der Waals surface area contributed by atoms with E-state index in [-0.39, 0.29) is 10.6 Å². The second-order valence-electron chi connectivity index (χ2n) is 4.15. The molecular weight excluding hydrogens is 261 g/mol. The number of carbonyl (C=O) groups is 1. The Balaban J connectivity index is 2.90. The molecule has 100 valence electrons. The van der Waals surface area contributed by atoms with E-state index in [9.17, 15) is 14.3 Å². The molecule has 1 aromatic rings. The largest absolute Gasteiger partial charge is 0.506 e. The number of halogens is 2. The van der Waals surface area contributed by atoms with E-state index in [1.807, 2.05) is 0 Å². The standard InChI is InChI=1S/C12H15ClFNO3/c1-7(16)3-4-15(2)12(18)9-5-8(14)6-10(13)11(9)17/h5-7,16-17H,3-4H2,1-2H3. The first kappa shape index (κ1) is 14.7. The zero-order valence-corrected chi connectivity index (χ0v) is 10.9. The summed E-state index contributed by atoms with van der Waals surface area (Å²) in [6.07, 6.45) is -0.142. The highest BCUT2D eigenvalue weighted by Crippen LogP contribution is 2.29. The molecule has 2 N–H and O–H groups in total. The molecule has 4 nitrogen and oxygen atoms in total. The Bertz CT molecular complexity index is 451. The third-order valence-corrected chi connectivity index (χ3v) is 2.78. The minimum Gasteiger partial charge on any atom is -0.506 e. The molecule has 0 saturated carbocycles. The summed E-state index contributed by atoms with van der Waals surface area (Å²) in [4.78, 5) is 13.2. The summed E-state index contributed by atoms with van der Waals surface area (Å²) >= 11 is 5.59. The molecule has 0 fully saturated rings. The average Bonchev–Trinajstić information content (AvgIpc) is 2.29. The van der Waals surface area contributed by atoms with Crippen LogP contribution in [-0.2, 0) is 0 Å². The van der Waals surface area contributed by atoms with Gasteiger partial charge in [-0.05, 0) is 25.5 Å². The number of hydrogen-bond donors (Lipinski definition) is 2. The third-order valence-electron chi connectivity index (χ3n) is 2.49. The Hall–Kier alpha value is -1.33. The molecule has 0 aliphatic rings. The minimum atomic E-state index is -0.690. The maximum atomic E-state index is 13.1. The SMILES string of the molecule is CC(O)CCN(C)C(=O)c1cc(F)cc(Cl)c1O. The fourth-order valence-electron chi connectivity index (χ4n) is 1.42. The van der Waals surface area contributed by atoms with Crippen LogP contribution < -0.4 is 0 Å². The monoisotopic (exact) mass is 275 g/mol. The van der Waals surface area contributed by atoms with E-state index in [0.717, 1.165) is 12.1 Å². The molecule has 0 aliphatic heterocycles. The maximum Gasteiger partial charge on any atom is 0.257 e. The van der Waals surface area contributed by atoms with Crippen molar-refractivity contribution in [2.45, 2.75) is 19.4 Å². The molecule has 1 rings (SSSR count). The lowest BCUT2D eigenvalue weighted by molar-refractivity contribution is 0.0765. The van der Waals surface area contributed by atoms with Gasteiger partial charge in [-0.15, -0.1) is 0 Å². The summed E-state index contributed by atoms with van der Waals surface area (Å²) in [5, 5.41) is 18.5. The summed E-state index contributed by atoms with van der Waals surface area (Å²) in [6, 6.07) is 1.87. The highest BCUT2D eigenvalue weighted by molar-refractivity contribution is 6.32. The van der Waals surface area contributed by atoms with Crippen molar-refractivity contribution in [2.75, 3.05) is 13.6 Å². The van der Waals surface area contributed by atoms with Crippen LogP contribution in [0, 0.1) is 5.82 Å². The van der Waals surface area contributed by atoms with Crippen LogP contribution in [0.3, 0.4) is 0 Å². The molecule has 0 saturated heterocycles. The second-order valence-corrected chi connectivity index (χ2v) is 4.56. The molecule has 1 atom stereocenters. The van der Waals surface area contributed by atoms with E-state index < -0.39 is 23.6 Å². The quantitative estimate of drug-likeness (QED) is 0.884. The number of nitrogens with zero attached hydrogens (tertiary/aromatic N) is 1. The fraction of sp³-hybridized carbons (Fsp3) is 0.417. The van der Waals surface area contributed by atoms with E-state index >= 15 is 0 Å². The topological polar surface area (TPSA) is 60.8 Å². The number of hydrogen-bond acceptors (Lipinski definition) is 3. The molecule has 18 heavy (non-hydrogen) atoms. The fourth-order valence-corrected chi connectivity index (χ4v) is 1.62. The minimum absolute atomic E-state index is 0.187. The zero-order chi connectivity index (χ0) is 13.9. The molecule has 1 amide bonds. The molecule has 0 bridgehead atoms. The van der Waals surface area contributed by atoms with E-state index in [1.165, 1.54) is 11.9 Å². The Morgan fingerprint density at radius 1 is 1.56 bits per heavy atom. The van der Waals surface area contributed by atoms with Crippen molar-refractivity contribution >= 4 is 17.5 Å². The number of amides is 1.